The van der Waals surface area contributed by atoms with Crippen LogP contribution in [0.5, 0.6) is 11.5 Å². The Labute approximate surface area is 95.2 Å². The molecular weight excluding hydrogens is 210 g/mol. The molecule has 0 aromatic heterocycles. The van der Waals surface area contributed by atoms with Crippen LogP contribution in [0.25, 0.3) is 0 Å². The molecule has 0 amide bonds. The summed E-state index contributed by atoms with van der Waals surface area (Å²) < 4.78 is 10.8. The fourth-order valence-electron chi connectivity index (χ4n) is 1.22. The van der Waals surface area contributed by atoms with Crippen LogP contribution < -0.4 is 15.2 Å². The molecule has 0 unspecified atom stereocenters. The first kappa shape index (κ1) is 11.8. The summed E-state index contributed by atoms with van der Waals surface area (Å²) in [5, 5.41) is 0. The van der Waals surface area contributed by atoms with Gasteiger partial charge in [0.25, 0.3) is 0 Å². The summed E-state index contributed by atoms with van der Waals surface area (Å²) in [4.78, 5) is 0.319. The third-order valence-electron chi connectivity index (χ3n) is 1.91. The molecule has 0 radical (unpaired) electrons. The lowest BCUT2D eigenvalue weighted by atomic mass is 10.2. The Hall–Kier alpha value is -1.29. The second kappa shape index (κ2) is 5.56. The summed E-state index contributed by atoms with van der Waals surface area (Å²) in [6.45, 7) is 2.66. The molecule has 0 heterocycles. The van der Waals surface area contributed by atoms with Gasteiger partial charge in [0.2, 0.25) is 0 Å². The summed E-state index contributed by atoms with van der Waals surface area (Å²) in [5.74, 6) is 1.29. The van der Waals surface area contributed by atoms with Gasteiger partial charge >= 0.3 is 0 Å². The molecule has 0 atom stereocenters. The SMILES string of the molecule is CCCOc1c(OC)cccc1C(N)=S. The molecule has 15 heavy (non-hydrogen) atoms. The summed E-state index contributed by atoms with van der Waals surface area (Å²) in [5.41, 5.74) is 6.33. The lowest BCUT2D eigenvalue weighted by Gasteiger charge is -2.13. The van der Waals surface area contributed by atoms with Crippen molar-refractivity contribution in [1.82, 2.24) is 0 Å². The highest BCUT2D eigenvalue weighted by Crippen LogP contribution is 2.31. The van der Waals surface area contributed by atoms with E-state index in [1.165, 1.54) is 0 Å². The Balaban J connectivity index is 3.08. The molecule has 82 valence electrons. The van der Waals surface area contributed by atoms with Gasteiger partial charge in [0.15, 0.2) is 11.5 Å². The first-order valence-corrected chi connectivity index (χ1v) is 5.21. The van der Waals surface area contributed by atoms with Crippen LogP contribution in [0.1, 0.15) is 18.9 Å². The van der Waals surface area contributed by atoms with Crippen molar-refractivity contribution in [2.45, 2.75) is 13.3 Å². The molecule has 0 fully saturated rings. The number of hydrogen-bond donors (Lipinski definition) is 1. The van der Waals surface area contributed by atoms with Crippen molar-refractivity contribution >= 4 is 17.2 Å². The van der Waals surface area contributed by atoms with E-state index in [1.54, 1.807) is 7.11 Å². The number of hydrogen-bond acceptors (Lipinski definition) is 3. The molecule has 1 aromatic rings. The van der Waals surface area contributed by atoms with E-state index in [2.05, 4.69) is 0 Å². The highest BCUT2D eigenvalue weighted by atomic mass is 32.1. The maximum Gasteiger partial charge on any atom is 0.171 e. The van der Waals surface area contributed by atoms with Crippen molar-refractivity contribution in [1.29, 1.82) is 0 Å². The molecule has 0 bridgehead atoms. The highest BCUT2D eigenvalue weighted by Gasteiger charge is 2.11. The first-order valence-electron chi connectivity index (χ1n) is 4.80. The molecule has 1 rings (SSSR count). The summed E-state index contributed by atoms with van der Waals surface area (Å²) >= 11 is 4.95. The third-order valence-corrected chi connectivity index (χ3v) is 2.13. The number of ether oxygens (including phenoxy) is 2. The molecular formula is C11H15NO2S. The van der Waals surface area contributed by atoms with Crippen LogP contribution >= 0.6 is 12.2 Å². The molecule has 0 saturated carbocycles. The van der Waals surface area contributed by atoms with Crippen LogP contribution in [0.15, 0.2) is 18.2 Å². The van der Waals surface area contributed by atoms with Gasteiger partial charge in [-0.05, 0) is 18.6 Å². The zero-order valence-corrected chi connectivity index (χ0v) is 9.76. The topological polar surface area (TPSA) is 44.5 Å². The van der Waals surface area contributed by atoms with Gasteiger partial charge in [0.1, 0.15) is 4.99 Å². The zero-order valence-electron chi connectivity index (χ0n) is 8.95. The minimum Gasteiger partial charge on any atom is -0.493 e. The van der Waals surface area contributed by atoms with Gasteiger partial charge in [-0.2, -0.15) is 0 Å². The van der Waals surface area contributed by atoms with Gasteiger partial charge in [-0.3, -0.25) is 0 Å². The van der Waals surface area contributed by atoms with Crippen molar-refractivity contribution in [3.63, 3.8) is 0 Å². The standard InChI is InChI=1S/C11H15NO2S/c1-3-7-14-10-8(11(12)15)5-4-6-9(10)13-2/h4-6H,3,7H2,1-2H3,(H2,12,15). The Kier molecular flexibility index (Phi) is 4.37. The van der Waals surface area contributed by atoms with Crippen molar-refractivity contribution in [2.75, 3.05) is 13.7 Å². The Morgan fingerprint density at radius 2 is 2.20 bits per heavy atom. The molecule has 0 spiro atoms. The first-order chi connectivity index (χ1) is 7.20. The Morgan fingerprint density at radius 1 is 1.47 bits per heavy atom. The molecule has 3 nitrogen and oxygen atoms in total. The zero-order chi connectivity index (χ0) is 11.3. The number of rotatable bonds is 5. The second-order valence-electron chi connectivity index (χ2n) is 3.05. The molecule has 0 aliphatic carbocycles. The van der Waals surface area contributed by atoms with Crippen LogP contribution in [0.4, 0.5) is 0 Å². The summed E-state index contributed by atoms with van der Waals surface area (Å²) in [6, 6.07) is 5.49. The fourth-order valence-corrected chi connectivity index (χ4v) is 1.38. The van der Waals surface area contributed by atoms with Crippen LogP contribution in [-0.4, -0.2) is 18.7 Å². The Morgan fingerprint density at radius 3 is 2.73 bits per heavy atom. The van der Waals surface area contributed by atoms with E-state index >= 15 is 0 Å². The molecule has 1 aromatic carbocycles. The molecule has 0 aliphatic rings. The van der Waals surface area contributed by atoms with Crippen molar-refractivity contribution in [2.24, 2.45) is 5.73 Å². The summed E-state index contributed by atoms with van der Waals surface area (Å²) in [6.07, 6.45) is 0.925. The predicted octanol–water partition coefficient (Wildman–Crippen LogP) is 2.12. The van der Waals surface area contributed by atoms with E-state index in [9.17, 15) is 0 Å². The van der Waals surface area contributed by atoms with E-state index in [4.69, 9.17) is 27.4 Å². The summed E-state index contributed by atoms with van der Waals surface area (Å²) in [7, 11) is 1.59. The monoisotopic (exact) mass is 225 g/mol. The fraction of sp³-hybridized carbons (Fsp3) is 0.364. The van der Waals surface area contributed by atoms with Gasteiger partial charge in [-0.15, -0.1) is 0 Å². The minimum absolute atomic E-state index is 0.319. The van der Waals surface area contributed by atoms with E-state index in [-0.39, 0.29) is 0 Å². The van der Waals surface area contributed by atoms with E-state index in [0.29, 0.717) is 23.1 Å². The number of benzene rings is 1. The van der Waals surface area contributed by atoms with Crippen molar-refractivity contribution in [3.8, 4) is 11.5 Å². The number of para-hydroxylation sites is 1. The largest absolute Gasteiger partial charge is 0.493 e. The van der Waals surface area contributed by atoms with Crippen molar-refractivity contribution in [3.05, 3.63) is 23.8 Å². The number of thiocarbonyl (C=S) groups is 1. The van der Waals surface area contributed by atoms with E-state index in [0.717, 1.165) is 12.0 Å². The van der Waals surface area contributed by atoms with Crippen LogP contribution in [0, 0.1) is 0 Å². The smallest absolute Gasteiger partial charge is 0.171 e. The van der Waals surface area contributed by atoms with Gasteiger partial charge in [0.05, 0.1) is 19.3 Å². The molecule has 2 N–H and O–H groups in total. The lowest BCUT2D eigenvalue weighted by molar-refractivity contribution is 0.294. The van der Waals surface area contributed by atoms with Crippen molar-refractivity contribution < 1.29 is 9.47 Å². The number of methoxy groups -OCH3 is 1. The lowest BCUT2D eigenvalue weighted by Crippen LogP contribution is -2.12. The predicted molar refractivity (Wildman–Crippen MR) is 64.7 cm³/mol. The van der Waals surface area contributed by atoms with Crippen LogP contribution in [-0.2, 0) is 0 Å². The average Bonchev–Trinajstić information content (AvgIpc) is 2.25. The quantitative estimate of drug-likeness (QED) is 0.780. The maximum atomic E-state index is 5.61. The van der Waals surface area contributed by atoms with Gasteiger partial charge < -0.3 is 15.2 Å². The van der Waals surface area contributed by atoms with E-state index in [1.807, 2.05) is 25.1 Å². The van der Waals surface area contributed by atoms with Crippen LogP contribution in [0.2, 0.25) is 0 Å². The minimum atomic E-state index is 0.319. The third kappa shape index (κ3) is 2.83. The van der Waals surface area contributed by atoms with Gasteiger partial charge in [0, 0.05) is 0 Å². The molecule has 0 saturated heterocycles. The normalized spacial score (nSPS) is 9.73. The van der Waals surface area contributed by atoms with Gasteiger partial charge in [-0.1, -0.05) is 25.2 Å². The van der Waals surface area contributed by atoms with Gasteiger partial charge in [-0.25, -0.2) is 0 Å². The molecule has 0 aliphatic heterocycles. The Bertz CT molecular complexity index is 352. The number of nitrogens with two attached hydrogens (primary N) is 1. The highest BCUT2D eigenvalue weighted by molar-refractivity contribution is 7.80. The molecule has 4 heteroatoms. The second-order valence-corrected chi connectivity index (χ2v) is 3.49. The van der Waals surface area contributed by atoms with E-state index < -0.39 is 0 Å². The average molecular weight is 225 g/mol. The maximum absolute atomic E-state index is 5.61. The van der Waals surface area contributed by atoms with Crippen LogP contribution in [0.3, 0.4) is 0 Å².